The second-order valence-electron chi connectivity index (χ2n) is 5.22. The lowest BCUT2D eigenvalue weighted by Gasteiger charge is -2.25. The molecule has 3 rings (SSSR count). The fraction of sp³-hybridized carbons (Fsp3) is 0.333. The number of anilines is 2. The van der Waals surface area contributed by atoms with Crippen molar-refractivity contribution in [2.24, 2.45) is 0 Å². The third kappa shape index (κ3) is 3.61. The molecule has 0 saturated carbocycles. The number of nitro benzene ring substituents is 1. The molecule has 1 aliphatic rings. The number of aryl methyl sites for hydroxylation is 1. The summed E-state index contributed by atoms with van der Waals surface area (Å²) >= 11 is 0. The zero-order valence-corrected chi connectivity index (χ0v) is 12.7. The third-order valence-electron chi connectivity index (χ3n) is 3.53. The number of hydrogen-bond donors (Lipinski definition) is 2. The summed E-state index contributed by atoms with van der Waals surface area (Å²) in [4.78, 5) is 19.1. The molecular weight excluding hydrogens is 298 g/mol. The highest BCUT2D eigenvalue weighted by atomic mass is 16.6. The van der Waals surface area contributed by atoms with Crippen LogP contribution in [0.3, 0.4) is 0 Å². The summed E-state index contributed by atoms with van der Waals surface area (Å²) in [6, 6.07) is 6.31. The van der Waals surface area contributed by atoms with Gasteiger partial charge >= 0.3 is 0 Å². The Bertz CT molecular complexity index is 716. The molecule has 1 fully saturated rings. The maximum atomic E-state index is 10.9. The lowest BCUT2D eigenvalue weighted by Crippen LogP contribution is -2.33. The van der Waals surface area contributed by atoms with Crippen LogP contribution in [0.1, 0.15) is 17.5 Å². The number of non-ortho nitro benzene ring substituents is 1. The van der Waals surface area contributed by atoms with Crippen LogP contribution >= 0.6 is 0 Å². The highest BCUT2D eigenvalue weighted by molar-refractivity contribution is 5.62. The van der Waals surface area contributed by atoms with Gasteiger partial charge in [-0.3, -0.25) is 10.1 Å². The van der Waals surface area contributed by atoms with Crippen molar-refractivity contribution in [2.45, 2.75) is 13.0 Å². The van der Waals surface area contributed by atoms with Crippen LogP contribution in [-0.4, -0.2) is 34.6 Å². The minimum absolute atomic E-state index is 0.0258. The van der Waals surface area contributed by atoms with Gasteiger partial charge in [0.1, 0.15) is 17.7 Å². The Hall–Kier alpha value is -2.58. The normalized spacial score (nSPS) is 17.7. The Morgan fingerprint density at radius 3 is 3.09 bits per heavy atom. The maximum Gasteiger partial charge on any atom is 0.271 e. The molecule has 0 radical (unpaired) electrons. The Morgan fingerprint density at radius 2 is 2.35 bits per heavy atom. The Morgan fingerprint density at radius 1 is 1.48 bits per heavy atom. The van der Waals surface area contributed by atoms with Crippen LogP contribution in [0.15, 0.2) is 30.5 Å². The standard InChI is InChI=1S/C15H17N5O3/c1-10-17-8-13(14-9-16-5-6-23-14)15(18-10)19-11-3-2-4-12(7-11)20(21)22/h2-4,7-8,14,16H,5-6,9H2,1H3,(H,17,18,19). The number of benzene rings is 1. The van der Waals surface area contributed by atoms with Crippen LogP contribution in [0, 0.1) is 17.0 Å². The van der Waals surface area contributed by atoms with Gasteiger partial charge in [-0.05, 0) is 13.0 Å². The van der Waals surface area contributed by atoms with Crippen molar-refractivity contribution in [3.63, 3.8) is 0 Å². The molecule has 2 heterocycles. The number of morpholine rings is 1. The number of nitrogens with one attached hydrogen (secondary N) is 2. The molecule has 1 aliphatic heterocycles. The molecule has 0 bridgehead atoms. The zero-order chi connectivity index (χ0) is 16.2. The number of hydrogen-bond acceptors (Lipinski definition) is 7. The first-order chi connectivity index (χ1) is 11.1. The summed E-state index contributed by atoms with van der Waals surface area (Å²) < 4.78 is 5.75. The van der Waals surface area contributed by atoms with Crippen molar-refractivity contribution in [3.05, 3.63) is 52.0 Å². The van der Waals surface area contributed by atoms with E-state index in [4.69, 9.17) is 4.74 Å². The number of nitro groups is 1. The molecule has 1 saturated heterocycles. The fourth-order valence-corrected chi connectivity index (χ4v) is 2.41. The van der Waals surface area contributed by atoms with Gasteiger partial charge < -0.3 is 15.4 Å². The molecule has 120 valence electrons. The van der Waals surface area contributed by atoms with E-state index in [1.54, 1.807) is 25.3 Å². The van der Waals surface area contributed by atoms with Gasteiger partial charge in [-0.25, -0.2) is 9.97 Å². The first kappa shape index (κ1) is 15.3. The molecule has 1 atom stereocenters. The zero-order valence-electron chi connectivity index (χ0n) is 12.7. The largest absolute Gasteiger partial charge is 0.371 e. The van der Waals surface area contributed by atoms with Crippen LogP contribution in [-0.2, 0) is 4.74 Å². The smallest absolute Gasteiger partial charge is 0.271 e. The Labute approximate surface area is 133 Å². The number of nitrogens with zero attached hydrogens (tertiary/aromatic N) is 3. The molecule has 2 aromatic rings. The average Bonchev–Trinajstić information content (AvgIpc) is 2.56. The Kier molecular flexibility index (Phi) is 4.45. The van der Waals surface area contributed by atoms with E-state index in [1.165, 1.54) is 12.1 Å². The van der Waals surface area contributed by atoms with Crippen LogP contribution in [0.25, 0.3) is 0 Å². The van der Waals surface area contributed by atoms with E-state index >= 15 is 0 Å². The van der Waals surface area contributed by atoms with E-state index in [0.29, 0.717) is 30.5 Å². The second-order valence-corrected chi connectivity index (χ2v) is 5.22. The average molecular weight is 315 g/mol. The molecule has 1 aromatic heterocycles. The molecule has 0 spiro atoms. The quantitative estimate of drug-likeness (QED) is 0.658. The summed E-state index contributed by atoms with van der Waals surface area (Å²) in [5.74, 6) is 1.22. The molecule has 8 nitrogen and oxygen atoms in total. The SMILES string of the molecule is Cc1ncc(C2CNCCO2)c(Nc2cccc([N+](=O)[O-])c2)n1. The van der Waals surface area contributed by atoms with Crippen molar-refractivity contribution in [1.82, 2.24) is 15.3 Å². The third-order valence-corrected chi connectivity index (χ3v) is 3.53. The van der Waals surface area contributed by atoms with Gasteiger partial charge in [0.25, 0.3) is 5.69 Å². The first-order valence-corrected chi connectivity index (χ1v) is 7.31. The fourth-order valence-electron chi connectivity index (χ4n) is 2.41. The van der Waals surface area contributed by atoms with E-state index in [0.717, 1.165) is 12.1 Å². The van der Waals surface area contributed by atoms with Gasteiger partial charge in [-0.15, -0.1) is 0 Å². The topological polar surface area (TPSA) is 102 Å². The van der Waals surface area contributed by atoms with Crippen LogP contribution in [0.4, 0.5) is 17.2 Å². The second kappa shape index (κ2) is 6.67. The maximum absolute atomic E-state index is 10.9. The van der Waals surface area contributed by atoms with Gasteiger partial charge in [-0.2, -0.15) is 0 Å². The summed E-state index contributed by atoms with van der Waals surface area (Å²) in [6.07, 6.45) is 1.59. The van der Waals surface area contributed by atoms with Crippen molar-refractivity contribution >= 4 is 17.2 Å². The monoisotopic (exact) mass is 315 g/mol. The predicted molar refractivity (Wildman–Crippen MR) is 84.7 cm³/mol. The van der Waals surface area contributed by atoms with Crippen LogP contribution in [0.5, 0.6) is 0 Å². The van der Waals surface area contributed by atoms with Crippen molar-refractivity contribution < 1.29 is 9.66 Å². The molecule has 0 amide bonds. The molecular formula is C15H17N5O3. The molecule has 2 N–H and O–H groups in total. The van der Waals surface area contributed by atoms with Crippen LogP contribution < -0.4 is 10.6 Å². The first-order valence-electron chi connectivity index (χ1n) is 7.31. The molecule has 0 aliphatic carbocycles. The molecule has 1 aromatic carbocycles. The summed E-state index contributed by atoms with van der Waals surface area (Å²) in [6.45, 7) is 3.91. The number of rotatable bonds is 4. The van der Waals surface area contributed by atoms with Gasteiger partial charge in [0.2, 0.25) is 0 Å². The van der Waals surface area contributed by atoms with E-state index in [9.17, 15) is 10.1 Å². The Balaban J connectivity index is 1.90. The summed E-state index contributed by atoms with van der Waals surface area (Å²) in [5, 5.41) is 17.3. The van der Waals surface area contributed by atoms with Crippen molar-refractivity contribution in [1.29, 1.82) is 0 Å². The van der Waals surface area contributed by atoms with E-state index < -0.39 is 4.92 Å². The molecule has 1 unspecified atom stereocenters. The summed E-state index contributed by atoms with van der Waals surface area (Å²) in [5.41, 5.74) is 1.45. The van der Waals surface area contributed by atoms with Gasteiger partial charge in [0, 0.05) is 42.7 Å². The van der Waals surface area contributed by atoms with Crippen molar-refractivity contribution in [3.8, 4) is 0 Å². The van der Waals surface area contributed by atoms with E-state index in [-0.39, 0.29) is 11.8 Å². The van der Waals surface area contributed by atoms with Gasteiger partial charge in [-0.1, -0.05) is 6.07 Å². The van der Waals surface area contributed by atoms with Gasteiger partial charge in [0.15, 0.2) is 0 Å². The van der Waals surface area contributed by atoms with E-state index in [2.05, 4.69) is 20.6 Å². The minimum atomic E-state index is -0.425. The molecule has 8 heteroatoms. The van der Waals surface area contributed by atoms with Crippen LogP contribution in [0.2, 0.25) is 0 Å². The predicted octanol–water partition coefficient (Wildman–Crippen LogP) is 2.10. The number of aromatic nitrogens is 2. The highest BCUT2D eigenvalue weighted by Crippen LogP contribution is 2.28. The lowest BCUT2D eigenvalue weighted by atomic mass is 10.1. The van der Waals surface area contributed by atoms with Gasteiger partial charge in [0.05, 0.1) is 11.5 Å². The number of ether oxygens (including phenoxy) is 1. The molecule has 23 heavy (non-hydrogen) atoms. The lowest BCUT2D eigenvalue weighted by molar-refractivity contribution is -0.384. The highest BCUT2D eigenvalue weighted by Gasteiger charge is 2.21. The summed E-state index contributed by atoms with van der Waals surface area (Å²) in [7, 11) is 0. The minimum Gasteiger partial charge on any atom is -0.371 e. The van der Waals surface area contributed by atoms with Crippen molar-refractivity contribution in [2.75, 3.05) is 25.0 Å². The van der Waals surface area contributed by atoms with E-state index in [1.807, 2.05) is 0 Å².